The second-order valence-corrected chi connectivity index (χ2v) is 4.47. The Kier molecular flexibility index (Phi) is 3.54. The molecular formula is C12H15N3S. The monoisotopic (exact) mass is 233 g/mol. The number of nitrogens with one attached hydrogen (secondary N) is 1. The summed E-state index contributed by atoms with van der Waals surface area (Å²) in [5, 5.41) is 6.47. The molecule has 3 nitrogen and oxygen atoms in total. The van der Waals surface area contributed by atoms with E-state index < -0.39 is 0 Å². The molecule has 0 saturated heterocycles. The zero-order chi connectivity index (χ0) is 11.4. The zero-order valence-corrected chi connectivity index (χ0v) is 10.1. The Morgan fingerprint density at radius 3 is 2.75 bits per heavy atom. The first-order valence-corrected chi connectivity index (χ1v) is 6.18. The van der Waals surface area contributed by atoms with Crippen molar-refractivity contribution in [3.63, 3.8) is 0 Å². The highest BCUT2D eigenvalue weighted by molar-refractivity contribution is 7.09. The molecule has 0 bridgehead atoms. The first kappa shape index (κ1) is 11.1. The SMILES string of the molecule is CCNCc1nc(-c2ccc(N)cc2)cs1. The molecule has 16 heavy (non-hydrogen) atoms. The molecule has 0 aliphatic heterocycles. The lowest BCUT2D eigenvalue weighted by Crippen LogP contribution is -2.11. The molecule has 0 unspecified atom stereocenters. The minimum atomic E-state index is 0.784. The maximum Gasteiger partial charge on any atom is 0.107 e. The van der Waals surface area contributed by atoms with Gasteiger partial charge in [-0.1, -0.05) is 19.1 Å². The third kappa shape index (κ3) is 2.59. The Morgan fingerprint density at radius 2 is 2.06 bits per heavy atom. The smallest absolute Gasteiger partial charge is 0.107 e. The first-order valence-electron chi connectivity index (χ1n) is 5.30. The molecule has 0 saturated carbocycles. The van der Waals surface area contributed by atoms with Crippen molar-refractivity contribution in [2.75, 3.05) is 12.3 Å². The predicted molar refractivity (Wildman–Crippen MR) is 69.3 cm³/mol. The molecule has 1 heterocycles. The Morgan fingerprint density at radius 1 is 1.31 bits per heavy atom. The lowest BCUT2D eigenvalue weighted by molar-refractivity contribution is 0.723. The minimum absolute atomic E-state index is 0.784. The van der Waals surface area contributed by atoms with Gasteiger partial charge in [-0.05, 0) is 18.7 Å². The second kappa shape index (κ2) is 5.09. The van der Waals surface area contributed by atoms with Crippen LogP contribution in [0.15, 0.2) is 29.6 Å². The van der Waals surface area contributed by atoms with Crippen LogP contribution in [0.3, 0.4) is 0 Å². The van der Waals surface area contributed by atoms with Gasteiger partial charge in [-0.3, -0.25) is 0 Å². The molecule has 0 aliphatic rings. The van der Waals surface area contributed by atoms with Gasteiger partial charge in [0.25, 0.3) is 0 Å². The molecular weight excluding hydrogens is 218 g/mol. The molecule has 0 radical (unpaired) electrons. The number of hydrogen-bond donors (Lipinski definition) is 2. The third-order valence-electron chi connectivity index (χ3n) is 2.28. The van der Waals surface area contributed by atoms with E-state index in [0.717, 1.165) is 35.0 Å². The highest BCUT2D eigenvalue weighted by Gasteiger charge is 2.03. The molecule has 0 atom stereocenters. The van der Waals surface area contributed by atoms with Crippen LogP contribution in [0.25, 0.3) is 11.3 Å². The van der Waals surface area contributed by atoms with Crippen molar-refractivity contribution in [3.8, 4) is 11.3 Å². The number of aromatic nitrogens is 1. The summed E-state index contributed by atoms with van der Waals surface area (Å²) in [6.45, 7) is 3.90. The van der Waals surface area contributed by atoms with E-state index in [0.29, 0.717) is 0 Å². The van der Waals surface area contributed by atoms with E-state index in [1.807, 2.05) is 24.3 Å². The topological polar surface area (TPSA) is 50.9 Å². The van der Waals surface area contributed by atoms with Crippen LogP contribution in [-0.4, -0.2) is 11.5 Å². The molecule has 0 amide bonds. The molecule has 1 aromatic heterocycles. The Labute approximate surface area is 99.3 Å². The van der Waals surface area contributed by atoms with Crippen LogP contribution in [0, 0.1) is 0 Å². The lowest BCUT2D eigenvalue weighted by Gasteiger charge is -1.98. The number of nitrogen functional groups attached to an aromatic ring is 1. The van der Waals surface area contributed by atoms with Crippen LogP contribution in [0.4, 0.5) is 5.69 Å². The summed E-state index contributed by atoms with van der Waals surface area (Å²) in [6.07, 6.45) is 0. The van der Waals surface area contributed by atoms with Gasteiger partial charge in [-0.2, -0.15) is 0 Å². The zero-order valence-electron chi connectivity index (χ0n) is 9.23. The second-order valence-electron chi connectivity index (χ2n) is 3.53. The molecule has 1 aromatic carbocycles. The molecule has 2 rings (SSSR count). The van der Waals surface area contributed by atoms with Crippen molar-refractivity contribution in [2.45, 2.75) is 13.5 Å². The van der Waals surface area contributed by atoms with E-state index in [1.54, 1.807) is 11.3 Å². The summed E-state index contributed by atoms with van der Waals surface area (Å²) in [4.78, 5) is 4.56. The maximum absolute atomic E-state index is 5.65. The van der Waals surface area contributed by atoms with E-state index >= 15 is 0 Å². The van der Waals surface area contributed by atoms with Crippen LogP contribution < -0.4 is 11.1 Å². The molecule has 0 aliphatic carbocycles. The molecule has 2 aromatic rings. The highest BCUT2D eigenvalue weighted by Crippen LogP contribution is 2.22. The van der Waals surface area contributed by atoms with Crippen LogP contribution >= 0.6 is 11.3 Å². The van der Waals surface area contributed by atoms with Gasteiger partial charge >= 0.3 is 0 Å². The maximum atomic E-state index is 5.65. The quantitative estimate of drug-likeness (QED) is 0.798. The number of nitrogens with zero attached hydrogens (tertiary/aromatic N) is 1. The number of anilines is 1. The molecule has 84 valence electrons. The van der Waals surface area contributed by atoms with Gasteiger partial charge in [0.2, 0.25) is 0 Å². The fourth-order valence-electron chi connectivity index (χ4n) is 1.41. The summed E-state index contributed by atoms with van der Waals surface area (Å²) in [7, 11) is 0. The number of benzene rings is 1. The number of rotatable bonds is 4. The van der Waals surface area contributed by atoms with E-state index in [-0.39, 0.29) is 0 Å². The minimum Gasteiger partial charge on any atom is -0.399 e. The summed E-state index contributed by atoms with van der Waals surface area (Å²) in [5.74, 6) is 0. The van der Waals surface area contributed by atoms with Gasteiger partial charge in [0, 0.05) is 23.2 Å². The van der Waals surface area contributed by atoms with Crippen molar-refractivity contribution in [2.24, 2.45) is 0 Å². The number of thiazole rings is 1. The summed E-state index contributed by atoms with van der Waals surface area (Å²) >= 11 is 1.68. The van der Waals surface area contributed by atoms with Gasteiger partial charge in [-0.25, -0.2) is 4.98 Å². The Hall–Kier alpha value is -1.39. The largest absolute Gasteiger partial charge is 0.399 e. The van der Waals surface area contributed by atoms with Crippen LogP contribution in [0.2, 0.25) is 0 Å². The van der Waals surface area contributed by atoms with E-state index in [2.05, 4.69) is 22.6 Å². The Bertz CT molecular complexity index is 448. The Balaban J connectivity index is 2.15. The fourth-order valence-corrected chi connectivity index (χ4v) is 2.18. The van der Waals surface area contributed by atoms with E-state index in [1.165, 1.54) is 0 Å². The summed E-state index contributed by atoms with van der Waals surface area (Å²) in [6, 6.07) is 7.81. The predicted octanol–water partition coefficient (Wildman–Crippen LogP) is 2.50. The third-order valence-corrected chi connectivity index (χ3v) is 3.13. The number of hydrogen-bond acceptors (Lipinski definition) is 4. The van der Waals surface area contributed by atoms with Gasteiger partial charge < -0.3 is 11.1 Å². The number of nitrogens with two attached hydrogens (primary N) is 1. The fraction of sp³-hybridized carbons (Fsp3) is 0.250. The van der Waals surface area contributed by atoms with Crippen LogP contribution in [0.1, 0.15) is 11.9 Å². The van der Waals surface area contributed by atoms with Crippen LogP contribution in [-0.2, 0) is 6.54 Å². The standard InChI is InChI=1S/C12H15N3S/c1-2-14-7-12-15-11(8-16-12)9-3-5-10(13)6-4-9/h3-6,8,14H,2,7,13H2,1H3. The highest BCUT2D eigenvalue weighted by atomic mass is 32.1. The van der Waals surface area contributed by atoms with Crippen molar-refractivity contribution in [1.29, 1.82) is 0 Å². The molecule has 4 heteroatoms. The van der Waals surface area contributed by atoms with Crippen molar-refractivity contribution >= 4 is 17.0 Å². The van der Waals surface area contributed by atoms with Gasteiger partial charge in [0.15, 0.2) is 0 Å². The van der Waals surface area contributed by atoms with Gasteiger partial charge in [-0.15, -0.1) is 11.3 Å². The normalized spacial score (nSPS) is 10.6. The molecule has 3 N–H and O–H groups in total. The van der Waals surface area contributed by atoms with Gasteiger partial charge in [0.05, 0.1) is 5.69 Å². The lowest BCUT2D eigenvalue weighted by atomic mass is 10.1. The van der Waals surface area contributed by atoms with E-state index in [4.69, 9.17) is 5.73 Å². The average Bonchev–Trinajstić information content (AvgIpc) is 2.76. The van der Waals surface area contributed by atoms with Gasteiger partial charge in [0.1, 0.15) is 5.01 Å². The average molecular weight is 233 g/mol. The molecule has 0 fully saturated rings. The first-order chi connectivity index (χ1) is 7.79. The van der Waals surface area contributed by atoms with E-state index in [9.17, 15) is 0 Å². The summed E-state index contributed by atoms with van der Waals surface area (Å²) < 4.78 is 0. The summed E-state index contributed by atoms with van der Waals surface area (Å²) in [5.41, 5.74) is 8.58. The van der Waals surface area contributed by atoms with Crippen molar-refractivity contribution in [1.82, 2.24) is 10.3 Å². The van der Waals surface area contributed by atoms with Crippen molar-refractivity contribution in [3.05, 3.63) is 34.7 Å². The molecule has 0 spiro atoms. The van der Waals surface area contributed by atoms with Crippen molar-refractivity contribution < 1.29 is 0 Å². The van der Waals surface area contributed by atoms with Crippen LogP contribution in [0.5, 0.6) is 0 Å².